The second-order valence-electron chi connectivity index (χ2n) is 6.55. The predicted molar refractivity (Wildman–Crippen MR) is 106 cm³/mol. The predicted octanol–water partition coefficient (Wildman–Crippen LogP) is 3.31. The lowest BCUT2D eigenvalue weighted by atomic mass is 10.1. The fourth-order valence-electron chi connectivity index (χ4n) is 3.13. The number of primary amides is 1. The molecule has 4 rings (SSSR count). The Morgan fingerprint density at radius 3 is 2.81 bits per heavy atom. The van der Waals surface area contributed by atoms with Crippen molar-refractivity contribution < 1.29 is 22.7 Å². The summed E-state index contributed by atoms with van der Waals surface area (Å²) < 4.78 is 44.5. The molecule has 0 aliphatic rings. The van der Waals surface area contributed by atoms with E-state index in [1.165, 1.54) is 17.6 Å². The summed E-state index contributed by atoms with van der Waals surface area (Å²) in [5.74, 6) is -0.227. The smallest absolute Gasteiger partial charge is 0.405 e. The number of nitrogens with two attached hydrogens (primary N) is 1. The number of nitrogens with zero attached hydrogens (tertiary/aromatic N) is 5. The lowest BCUT2D eigenvalue weighted by Gasteiger charge is -2.14. The van der Waals surface area contributed by atoms with Crippen molar-refractivity contribution in [2.24, 2.45) is 5.73 Å². The van der Waals surface area contributed by atoms with E-state index < -0.39 is 12.3 Å². The second-order valence-corrected chi connectivity index (χ2v) is 7.38. The number of ether oxygens (including phenoxy) is 1. The quantitative estimate of drug-likeness (QED) is 0.465. The number of carbonyl (C=O) groups is 1. The molecule has 0 aliphatic heterocycles. The third kappa shape index (κ3) is 4.79. The van der Waals surface area contributed by atoms with E-state index in [-0.39, 0.29) is 24.3 Å². The highest BCUT2D eigenvalue weighted by molar-refractivity contribution is 7.12. The summed E-state index contributed by atoms with van der Waals surface area (Å²) in [5, 5.41) is 7.87. The number of alkyl halides is 3. The zero-order valence-electron chi connectivity index (χ0n) is 15.8. The van der Waals surface area contributed by atoms with Gasteiger partial charge in [0.25, 0.3) is 0 Å². The number of aromatic nitrogens is 5. The highest BCUT2D eigenvalue weighted by atomic mass is 32.1. The SMILES string of the molecule is NC(=O)CCc1nc2cccnc2n1Cc1ccc(OC(F)(F)F)c(-c2nncs2)c1. The number of pyridine rings is 1. The lowest BCUT2D eigenvalue weighted by molar-refractivity contribution is -0.274. The summed E-state index contributed by atoms with van der Waals surface area (Å²) in [6.07, 6.45) is -2.80. The first-order valence-electron chi connectivity index (χ1n) is 9.04. The summed E-state index contributed by atoms with van der Waals surface area (Å²) in [5.41, 5.74) is 8.77. The fourth-order valence-corrected chi connectivity index (χ4v) is 3.70. The van der Waals surface area contributed by atoms with Crippen LogP contribution in [0.15, 0.2) is 42.0 Å². The maximum Gasteiger partial charge on any atom is 0.573 e. The zero-order chi connectivity index (χ0) is 22.0. The number of fused-ring (bicyclic) bond motifs is 1. The van der Waals surface area contributed by atoms with Crippen molar-refractivity contribution in [1.82, 2.24) is 24.7 Å². The van der Waals surface area contributed by atoms with E-state index in [2.05, 4.69) is 24.9 Å². The first kappa shape index (κ1) is 20.7. The molecule has 3 heterocycles. The van der Waals surface area contributed by atoms with Gasteiger partial charge in [0.05, 0.1) is 12.1 Å². The molecule has 0 atom stereocenters. The van der Waals surface area contributed by atoms with E-state index >= 15 is 0 Å². The van der Waals surface area contributed by atoms with Crippen LogP contribution in [0.2, 0.25) is 0 Å². The molecule has 160 valence electrons. The van der Waals surface area contributed by atoms with Crippen LogP contribution in [-0.2, 0) is 17.8 Å². The van der Waals surface area contributed by atoms with Gasteiger partial charge in [-0.1, -0.05) is 17.4 Å². The fraction of sp³-hybridized carbons (Fsp3) is 0.211. The normalized spacial score (nSPS) is 11.7. The molecule has 3 aromatic heterocycles. The standard InChI is InChI=1S/C19H15F3N6O2S/c20-19(21,22)30-14-4-3-11(8-12(14)18-27-25-10-31-18)9-28-16(6-5-15(23)29)26-13-2-1-7-24-17(13)28/h1-4,7-8,10H,5-6,9H2,(H2,23,29). The largest absolute Gasteiger partial charge is 0.573 e. The molecule has 0 saturated carbocycles. The maximum atomic E-state index is 12.8. The van der Waals surface area contributed by atoms with Crippen LogP contribution in [0.1, 0.15) is 17.8 Å². The molecular formula is C19H15F3N6O2S. The summed E-state index contributed by atoms with van der Waals surface area (Å²) in [7, 11) is 0. The molecule has 0 fully saturated rings. The van der Waals surface area contributed by atoms with Gasteiger partial charge >= 0.3 is 6.36 Å². The van der Waals surface area contributed by atoms with Gasteiger partial charge in [0.2, 0.25) is 5.91 Å². The lowest BCUT2D eigenvalue weighted by Crippen LogP contribution is -2.18. The van der Waals surface area contributed by atoms with Crippen LogP contribution in [0.25, 0.3) is 21.7 Å². The van der Waals surface area contributed by atoms with Crippen LogP contribution >= 0.6 is 11.3 Å². The molecule has 31 heavy (non-hydrogen) atoms. The van der Waals surface area contributed by atoms with E-state index in [9.17, 15) is 18.0 Å². The van der Waals surface area contributed by atoms with Crippen LogP contribution in [0.5, 0.6) is 5.75 Å². The molecular weight excluding hydrogens is 433 g/mol. The third-order valence-corrected chi connectivity index (χ3v) is 5.10. The molecule has 0 bridgehead atoms. The van der Waals surface area contributed by atoms with Gasteiger partial charge < -0.3 is 15.0 Å². The number of hydrogen-bond donors (Lipinski definition) is 1. The van der Waals surface area contributed by atoms with Crippen LogP contribution in [-0.4, -0.2) is 37.0 Å². The number of rotatable bonds is 7. The van der Waals surface area contributed by atoms with Crippen molar-refractivity contribution in [3.63, 3.8) is 0 Å². The number of hydrogen-bond acceptors (Lipinski definition) is 7. The van der Waals surface area contributed by atoms with Gasteiger partial charge in [-0.3, -0.25) is 4.79 Å². The Balaban J connectivity index is 1.74. The van der Waals surface area contributed by atoms with Gasteiger partial charge in [0.1, 0.15) is 22.6 Å². The Labute approximate surface area is 177 Å². The van der Waals surface area contributed by atoms with Gasteiger partial charge in [0, 0.05) is 19.0 Å². The molecule has 0 radical (unpaired) electrons. The van der Waals surface area contributed by atoms with Crippen molar-refractivity contribution in [2.75, 3.05) is 0 Å². The average molecular weight is 448 g/mol. The number of halogens is 3. The van der Waals surface area contributed by atoms with Gasteiger partial charge in [-0.05, 0) is 29.8 Å². The topological polar surface area (TPSA) is 109 Å². The number of carbonyl (C=O) groups excluding carboxylic acids is 1. The minimum atomic E-state index is -4.84. The molecule has 0 spiro atoms. The summed E-state index contributed by atoms with van der Waals surface area (Å²) >= 11 is 1.10. The van der Waals surface area contributed by atoms with Gasteiger partial charge in [0.15, 0.2) is 10.7 Å². The summed E-state index contributed by atoms with van der Waals surface area (Å²) in [6, 6.07) is 7.87. The Bertz CT molecular complexity index is 1220. The van der Waals surface area contributed by atoms with E-state index in [0.29, 0.717) is 34.0 Å². The molecule has 8 nitrogen and oxygen atoms in total. The monoisotopic (exact) mass is 448 g/mol. The highest BCUT2D eigenvalue weighted by Crippen LogP contribution is 2.35. The molecule has 1 amide bonds. The summed E-state index contributed by atoms with van der Waals surface area (Å²) in [4.78, 5) is 20.1. The van der Waals surface area contributed by atoms with Crippen LogP contribution in [0.4, 0.5) is 13.2 Å². The highest BCUT2D eigenvalue weighted by Gasteiger charge is 2.32. The van der Waals surface area contributed by atoms with Crippen molar-refractivity contribution in [2.45, 2.75) is 25.7 Å². The average Bonchev–Trinajstić information content (AvgIpc) is 3.35. The molecule has 4 aromatic rings. The second kappa shape index (κ2) is 8.30. The Morgan fingerprint density at radius 1 is 1.26 bits per heavy atom. The zero-order valence-corrected chi connectivity index (χ0v) is 16.7. The van der Waals surface area contributed by atoms with Gasteiger partial charge in [-0.25, -0.2) is 9.97 Å². The van der Waals surface area contributed by atoms with E-state index in [1.54, 1.807) is 24.4 Å². The number of imidazole rings is 1. The van der Waals surface area contributed by atoms with E-state index in [4.69, 9.17) is 5.73 Å². The minimum absolute atomic E-state index is 0.109. The third-order valence-electron chi connectivity index (χ3n) is 4.38. The molecule has 12 heteroatoms. The van der Waals surface area contributed by atoms with Gasteiger partial charge in [-0.2, -0.15) is 0 Å². The molecule has 0 aliphatic carbocycles. The maximum absolute atomic E-state index is 12.8. The Hall–Kier alpha value is -3.54. The molecule has 2 N–H and O–H groups in total. The van der Waals surface area contributed by atoms with Crippen molar-refractivity contribution >= 4 is 28.4 Å². The van der Waals surface area contributed by atoms with Crippen molar-refractivity contribution in [3.8, 4) is 16.3 Å². The van der Waals surface area contributed by atoms with E-state index in [1.807, 2.05) is 4.57 Å². The van der Waals surface area contributed by atoms with Crippen LogP contribution in [0, 0.1) is 0 Å². The van der Waals surface area contributed by atoms with Crippen LogP contribution < -0.4 is 10.5 Å². The first-order valence-corrected chi connectivity index (χ1v) is 9.92. The Morgan fingerprint density at radius 2 is 2.10 bits per heavy atom. The summed E-state index contributed by atoms with van der Waals surface area (Å²) in [6.45, 7) is 0.264. The first-order chi connectivity index (χ1) is 14.8. The van der Waals surface area contributed by atoms with Crippen LogP contribution in [0.3, 0.4) is 0 Å². The van der Waals surface area contributed by atoms with Gasteiger partial charge in [-0.15, -0.1) is 23.4 Å². The van der Waals surface area contributed by atoms with E-state index in [0.717, 1.165) is 11.3 Å². The van der Waals surface area contributed by atoms with Crippen molar-refractivity contribution in [1.29, 1.82) is 0 Å². The molecule has 0 saturated heterocycles. The Kier molecular flexibility index (Phi) is 5.55. The molecule has 0 unspecified atom stereocenters. The number of benzene rings is 1. The minimum Gasteiger partial charge on any atom is -0.405 e. The molecule has 1 aromatic carbocycles. The number of amides is 1. The van der Waals surface area contributed by atoms with Crippen molar-refractivity contribution in [3.05, 3.63) is 53.4 Å². The number of aryl methyl sites for hydroxylation is 1.